The first kappa shape index (κ1) is 10.7. The highest BCUT2D eigenvalue weighted by Gasteiger charge is 2.61. The molecule has 3 fully saturated rings. The largest absolute Gasteiger partial charge is 0.548 e. The van der Waals surface area contributed by atoms with Gasteiger partial charge in [-0.3, -0.25) is 14.5 Å². The molecule has 92 valence electrons. The molecule has 0 radical (unpaired) electrons. The fraction of sp³-hybridized carbons (Fsp3) is 0.750. The average molecular weight is 236 g/mol. The number of carbonyl (C=O) groups is 3. The summed E-state index contributed by atoms with van der Waals surface area (Å²) in [7, 11) is 0. The molecule has 2 saturated carbocycles. The third-order valence-electron chi connectivity index (χ3n) is 4.69. The molecule has 2 amide bonds. The molecule has 0 unspecified atom stereocenters. The number of imide groups is 1. The average Bonchev–Trinajstić information content (AvgIpc) is 2.92. The minimum atomic E-state index is -1.36. The molecule has 17 heavy (non-hydrogen) atoms. The first-order valence-corrected chi connectivity index (χ1v) is 6.10. The second kappa shape index (κ2) is 3.31. The minimum Gasteiger partial charge on any atom is -0.548 e. The van der Waals surface area contributed by atoms with Crippen LogP contribution in [0.2, 0.25) is 0 Å². The third kappa shape index (κ3) is 1.22. The topological polar surface area (TPSA) is 77.5 Å². The SMILES string of the molecule is C[C@@H](C(=O)[O-])N1C(=O)[C@H]2[C@H]3CC[C@@H](C3)[C@@H]2C1=O. The van der Waals surface area contributed by atoms with Crippen LogP contribution in [0.1, 0.15) is 26.2 Å². The maximum Gasteiger partial charge on any atom is 0.233 e. The van der Waals surface area contributed by atoms with Crippen molar-refractivity contribution in [1.29, 1.82) is 0 Å². The van der Waals surface area contributed by atoms with Gasteiger partial charge in [0.1, 0.15) is 0 Å². The van der Waals surface area contributed by atoms with Crippen LogP contribution in [-0.4, -0.2) is 28.7 Å². The van der Waals surface area contributed by atoms with E-state index in [0.717, 1.165) is 24.2 Å². The van der Waals surface area contributed by atoms with E-state index in [1.54, 1.807) is 0 Å². The number of fused-ring (bicyclic) bond motifs is 5. The molecule has 0 N–H and O–H groups in total. The van der Waals surface area contributed by atoms with E-state index in [2.05, 4.69) is 0 Å². The van der Waals surface area contributed by atoms with Crippen molar-refractivity contribution in [3.8, 4) is 0 Å². The summed E-state index contributed by atoms with van der Waals surface area (Å²) in [6.45, 7) is 1.34. The number of hydrogen-bond acceptors (Lipinski definition) is 4. The number of rotatable bonds is 2. The van der Waals surface area contributed by atoms with Crippen molar-refractivity contribution in [1.82, 2.24) is 4.90 Å². The van der Waals surface area contributed by atoms with Crippen LogP contribution < -0.4 is 5.11 Å². The first-order chi connectivity index (χ1) is 8.02. The molecule has 0 aromatic carbocycles. The summed E-state index contributed by atoms with van der Waals surface area (Å²) in [6.07, 6.45) is 2.96. The van der Waals surface area contributed by atoms with Crippen LogP contribution in [0, 0.1) is 23.7 Å². The lowest BCUT2D eigenvalue weighted by Crippen LogP contribution is -2.49. The standard InChI is InChI=1S/C12H15NO4/c1-5(12(16)17)13-10(14)8-6-2-3-7(4-6)9(8)11(13)15/h5-9H,2-4H2,1H3,(H,16,17)/p-1/t5-,6-,7-,8-,9-/m0/s1. The molecule has 5 atom stereocenters. The Morgan fingerprint density at radius 1 is 1.24 bits per heavy atom. The molecular formula is C12H14NO4-. The number of hydrogen-bond donors (Lipinski definition) is 0. The molecule has 1 heterocycles. The Morgan fingerprint density at radius 2 is 1.71 bits per heavy atom. The van der Waals surface area contributed by atoms with Gasteiger partial charge in [-0.05, 0) is 38.0 Å². The predicted octanol–water partition coefficient (Wildman–Crippen LogP) is -0.844. The Kier molecular flexibility index (Phi) is 2.09. The molecule has 5 nitrogen and oxygen atoms in total. The van der Waals surface area contributed by atoms with Crippen LogP contribution in [0.4, 0.5) is 0 Å². The number of amides is 2. The number of carboxylic acids is 1. The second-order valence-electron chi connectivity index (χ2n) is 5.43. The van der Waals surface area contributed by atoms with Crippen LogP contribution in [0.5, 0.6) is 0 Å². The van der Waals surface area contributed by atoms with Crippen molar-refractivity contribution in [2.24, 2.45) is 23.7 Å². The van der Waals surface area contributed by atoms with Gasteiger partial charge in [-0.2, -0.15) is 0 Å². The van der Waals surface area contributed by atoms with Gasteiger partial charge < -0.3 is 9.90 Å². The van der Waals surface area contributed by atoms with E-state index >= 15 is 0 Å². The molecule has 1 aliphatic heterocycles. The first-order valence-electron chi connectivity index (χ1n) is 6.10. The summed E-state index contributed by atoms with van der Waals surface area (Å²) < 4.78 is 0. The van der Waals surface area contributed by atoms with Gasteiger partial charge >= 0.3 is 0 Å². The summed E-state index contributed by atoms with van der Waals surface area (Å²) in [5.74, 6) is -1.85. The highest BCUT2D eigenvalue weighted by molar-refractivity contribution is 6.08. The Hall–Kier alpha value is -1.39. The fourth-order valence-corrected chi connectivity index (χ4v) is 3.92. The zero-order chi connectivity index (χ0) is 12.3. The zero-order valence-electron chi connectivity index (χ0n) is 9.59. The van der Waals surface area contributed by atoms with E-state index in [9.17, 15) is 19.5 Å². The zero-order valence-corrected chi connectivity index (χ0v) is 9.59. The van der Waals surface area contributed by atoms with E-state index in [4.69, 9.17) is 0 Å². The highest BCUT2D eigenvalue weighted by atomic mass is 16.4. The molecule has 0 aromatic rings. The quantitative estimate of drug-likeness (QED) is 0.585. The Bertz CT molecular complexity index is 391. The monoisotopic (exact) mass is 236 g/mol. The number of aliphatic carboxylic acids is 1. The Labute approximate surface area is 98.8 Å². The van der Waals surface area contributed by atoms with E-state index in [1.807, 2.05) is 0 Å². The molecule has 2 aliphatic carbocycles. The van der Waals surface area contributed by atoms with Crippen molar-refractivity contribution < 1.29 is 19.5 Å². The Balaban J connectivity index is 1.93. The van der Waals surface area contributed by atoms with Gasteiger partial charge in [0.2, 0.25) is 11.8 Å². The van der Waals surface area contributed by atoms with Crippen LogP contribution in [0.3, 0.4) is 0 Å². The third-order valence-corrected chi connectivity index (χ3v) is 4.69. The van der Waals surface area contributed by atoms with Gasteiger partial charge in [0, 0.05) is 0 Å². The smallest absolute Gasteiger partial charge is 0.233 e. The molecule has 0 aromatic heterocycles. The van der Waals surface area contributed by atoms with Crippen LogP contribution in [0.25, 0.3) is 0 Å². The number of nitrogens with zero attached hydrogens (tertiary/aromatic N) is 1. The molecule has 5 heteroatoms. The van der Waals surface area contributed by atoms with Gasteiger partial charge in [0.15, 0.2) is 0 Å². The van der Waals surface area contributed by atoms with Crippen LogP contribution >= 0.6 is 0 Å². The predicted molar refractivity (Wildman–Crippen MR) is 54.1 cm³/mol. The normalized spacial score (nSPS) is 40.9. The summed E-state index contributed by atoms with van der Waals surface area (Å²) in [5.41, 5.74) is 0. The van der Waals surface area contributed by atoms with Crippen molar-refractivity contribution >= 4 is 17.8 Å². The number of carbonyl (C=O) groups excluding carboxylic acids is 3. The van der Waals surface area contributed by atoms with E-state index < -0.39 is 12.0 Å². The lowest BCUT2D eigenvalue weighted by molar-refractivity contribution is -0.310. The van der Waals surface area contributed by atoms with E-state index in [1.165, 1.54) is 6.92 Å². The summed E-state index contributed by atoms with van der Waals surface area (Å²) in [5, 5.41) is 10.8. The van der Waals surface area contributed by atoms with Crippen molar-refractivity contribution in [3.05, 3.63) is 0 Å². The second-order valence-corrected chi connectivity index (χ2v) is 5.43. The maximum atomic E-state index is 12.1. The molecule has 3 rings (SSSR count). The van der Waals surface area contributed by atoms with Crippen LogP contribution in [0.15, 0.2) is 0 Å². The number of likely N-dealkylation sites (tertiary alicyclic amines) is 1. The van der Waals surface area contributed by atoms with E-state index in [-0.39, 0.29) is 23.7 Å². The lowest BCUT2D eigenvalue weighted by Gasteiger charge is -2.24. The van der Waals surface area contributed by atoms with Crippen molar-refractivity contribution in [3.63, 3.8) is 0 Å². The lowest BCUT2D eigenvalue weighted by atomic mass is 9.81. The van der Waals surface area contributed by atoms with Gasteiger partial charge in [-0.25, -0.2) is 0 Å². The summed E-state index contributed by atoms with van der Waals surface area (Å²) in [6, 6.07) is -1.14. The van der Waals surface area contributed by atoms with Crippen LogP contribution in [-0.2, 0) is 14.4 Å². The van der Waals surface area contributed by atoms with Crippen molar-refractivity contribution in [2.75, 3.05) is 0 Å². The Morgan fingerprint density at radius 3 is 2.12 bits per heavy atom. The minimum absolute atomic E-state index is 0.247. The van der Waals surface area contributed by atoms with Gasteiger partial charge in [0.05, 0.1) is 23.8 Å². The molecule has 3 aliphatic rings. The van der Waals surface area contributed by atoms with Crippen molar-refractivity contribution in [2.45, 2.75) is 32.2 Å². The van der Waals surface area contributed by atoms with E-state index in [0.29, 0.717) is 11.8 Å². The fourth-order valence-electron chi connectivity index (χ4n) is 3.92. The molecular weight excluding hydrogens is 222 g/mol. The highest BCUT2D eigenvalue weighted by Crippen LogP contribution is 2.56. The van der Waals surface area contributed by atoms with Gasteiger partial charge in [0.25, 0.3) is 0 Å². The molecule has 0 spiro atoms. The molecule has 1 saturated heterocycles. The molecule has 2 bridgehead atoms. The summed E-state index contributed by atoms with van der Waals surface area (Å²) in [4.78, 5) is 36.0. The van der Waals surface area contributed by atoms with Gasteiger partial charge in [-0.15, -0.1) is 0 Å². The number of carboxylic acid groups (broad SMARTS) is 1. The van der Waals surface area contributed by atoms with Gasteiger partial charge in [-0.1, -0.05) is 0 Å². The maximum absolute atomic E-state index is 12.1. The summed E-state index contributed by atoms with van der Waals surface area (Å²) >= 11 is 0.